The third-order valence-electron chi connectivity index (χ3n) is 2.11. The fourth-order valence-electron chi connectivity index (χ4n) is 1.28. The number of carbonyl (C=O) groups is 1. The third kappa shape index (κ3) is 2.49. The Bertz CT molecular complexity index is 589. The van der Waals surface area contributed by atoms with Gasteiger partial charge in [-0.1, -0.05) is 0 Å². The number of nitrogens with zero attached hydrogens (tertiary/aromatic N) is 1. The number of aromatic amines is 1. The molecule has 6 heteroatoms. The van der Waals surface area contributed by atoms with Gasteiger partial charge in [0.25, 0.3) is 11.5 Å². The Labute approximate surface area is 96.5 Å². The van der Waals surface area contributed by atoms with Crippen LogP contribution < -0.4 is 16.6 Å². The average Bonchev–Trinajstić information content (AvgIpc) is 2.32. The van der Waals surface area contributed by atoms with Crippen molar-refractivity contribution in [2.24, 2.45) is 0 Å². The minimum atomic E-state index is -0.488. The highest BCUT2D eigenvalue weighted by molar-refractivity contribution is 6.03. The highest BCUT2D eigenvalue weighted by Gasteiger charge is 2.09. The van der Waals surface area contributed by atoms with Gasteiger partial charge in [-0.2, -0.15) is 0 Å². The predicted molar refractivity (Wildman–Crippen MR) is 63.7 cm³/mol. The molecule has 2 rings (SSSR count). The van der Waals surface area contributed by atoms with Gasteiger partial charge in [-0.3, -0.25) is 9.59 Å². The molecule has 0 aromatic carbocycles. The molecule has 4 N–H and O–H groups in total. The van der Waals surface area contributed by atoms with Crippen LogP contribution in [-0.2, 0) is 0 Å². The van der Waals surface area contributed by atoms with Crippen LogP contribution in [-0.4, -0.2) is 15.9 Å². The van der Waals surface area contributed by atoms with E-state index in [1.807, 2.05) is 0 Å². The van der Waals surface area contributed by atoms with E-state index in [1.165, 1.54) is 18.5 Å². The molecule has 0 fully saturated rings. The minimum absolute atomic E-state index is 0.0457. The summed E-state index contributed by atoms with van der Waals surface area (Å²) in [5.41, 5.74) is 5.50. The zero-order chi connectivity index (χ0) is 12.3. The highest BCUT2D eigenvalue weighted by atomic mass is 16.2. The number of hydrogen-bond donors (Lipinski definition) is 3. The molecule has 0 bridgehead atoms. The van der Waals surface area contributed by atoms with E-state index in [9.17, 15) is 9.59 Å². The number of carbonyl (C=O) groups excluding carboxylic acids is 1. The molecular weight excluding hydrogens is 220 g/mol. The van der Waals surface area contributed by atoms with Crippen LogP contribution in [0.25, 0.3) is 0 Å². The Morgan fingerprint density at radius 1 is 1.35 bits per heavy atom. The van der Waals surface area contributed by atoms with E-state index in [1.54, 1.807) is 18.2 Å². The van der Waals surface area contributed by atoms with Crippen LogP contribution in [0.1, 0.15) is 10.4 Å². The Balaban J connectivity index is 2.20. The number of nitrogens with two attached hydrogens (primary N) is 1. The smallest absolute Gasteiger partial charge is 0.261 e. The Morgan fingerprint density at radius 3 is 2.82 bits per heavy atom. The quantitative estimate of drug-likeness (QED) is 0.703. The standard InChI is InChI=1S/C11H10N4O2/c12-9-4-3-7(6-14-9)15-11(17)8-2-1-5-13-10(8)16/h1-6H,(H2,12,14)(H,13,16)(H,15,17). The summed E-state index contributed by atoms with van der Waals surface area (Å²) in [5, 5.41) is 2.55. The summed E-state index contributed by atoms with van der Waals surface area (Å²) in [4.78, 5) is 29.3. The van der Waals surface area contributed by atoms with Crippen LogP contribution in [0.4, 0.5) is 11.5 Å². The zero-order valence-electron chi connectivity index (χ0n) is 8.81. The molecule has 1 amide bonds. The number of rotatable bonds is 2. The fraction of sp³-hybridized carbons (Fsp3) is 0. The van der Waals surface area contributed by atoms with Crippen LogP contribution in [0, 0.1) is 0 Å². The maximum Gasteiger partial charge on any atom is 0.261 e. The van der Waals surface area contributed by atoms with Gasteiger partial charge in [-0.15, -0.1) is 0 Å². The Morgan fingerprint density at radius 2 is 2.18 bits per heavy atom. The van der Waals surface area contributed by atoms with Crippen molar-refractivity contribution < 1.29 is 4.79 Å². The SMILES string of the molecule is Nc1ccc(NC(=O)c2ccc[nH]c2=O)cn1. The highest BCUT2D eigenvalue weighted by Crippen LogP contribution is 2.07. The maximum atomic E-state index is 11.7. The summed E-state index contributed by atoms with van der Waals surface area (Å²) in [6, 6.07) is 6.19. The van der Waals surface area contributed by atoms with E-state index < -0.39 is 11.5 Å². The third-order valence-corrected chi connectivity index (χ3v) is 2.11. The molecule has 0 aliphatic heterocycles. The van der Waals surface area contributed by atoms with Crippen LogP contribution in [0.2, 0.25) is 0 Å². The summed E-state index contributed by atoms with van der Waals surface area (Å²) in [7, 11) is 0. The van der Waals surface area contributed by atoms with Crippen molar-refractivity contribution in [2.45, 2.75) is 0 Å². The number of nitrogens with one attached hydrogen (secondary N) is 2. The second-order valence-electron chi connectivity index (χ2n) is 3.34. The summed E-state index contributed by atoms with van der Waals surface area (Å²) in [6.45, 7) is 0. The van der Waals surface area contributed by atoms with E-state index in [4.69, 9.17) is 5.73 Å². The number of pyridine rings is 2. The number of H-pyrrole nitrogens is 1. The van der Waals surface area contributed by atoms with Gasteiger partial charge < -0.3 is 16.0 Å². The number of hydrogen-bond acceptors (Lipinski definition) is 4. The van der Waals surface area contributed by atoms with Crippen LogP contribution in [0.5, 0.6) is 0 Å². The van der Waals surface area contributed by atoms with Crippen LogP contribution in [0.3, 0.4) is 0 Å². The summed E-state index contributed by atoms with van der Waals surface area (Å²) in [5.74, 6) is -0.126. The molecule has 0 unspecified atom stereocenters. The van der Waals surface area contributed by atoms with Crippen LogP contribution >= 0.6 is 0 Å². The summed E-state index contributed by atoms with van der Waals surface area (Å²) >= 11 is 0. The average molecular weight is 230 g/mol. The first-order chi connectivity index (χ1) is 8.16. The molecule has 0 saturated carbocycles. The fourth-order valence-corrected chi connectivity index (χ4v) is 1.28. The van der Waals surface area contributed by atoms with Gasteiger partial charge in [0.1, 0.15) is 11.4 Å². The molecule has 17 heavy (non-hydrogen) atoms. The number of aromatic nitrogens is 2. The monoisotopic (exact) mass is 230 g/mol. The lowest BCUT2D eigenvalue weighted by Crippen LogP contribution is -2.22. The lowest BCUT2D eigenvalue weighted by atomic mass is 10.2. The zero-order valence-corrected chi connectivity index (χ0v) is 8.81. The second-order valence-corrected chi connectivity index (χ2v) is 3.34. The van der Waals surface area contributed by atoms with E-state index in [2.05, 4.69) is 15.3 Å². The minimum Gasteiger partial charge on any atom is -0.384 e. The maximum absolute atomic E-state index is 11.7. The van der Waals surface area contributed by atoms with Crippen molar-refractivity contribution in [3.05, 3.63) is 52.6 Å². The van der Waals surface area contributed by atoms with Gasteiger partial charge in [0, 0.05) is 6.20 Å². The van der Waals surface area contributed by atoms with E-state index in [-0.39, 0.29) is 5.56 Å². The molecule has 86 valence electrons. The van der Waals surface area contributed by atoms with Gasteiger partial charge in [-0.25, -0.2) is 4.98 Å². The molecule has 0 atom stereocenters. The second kappa shape index (κ2) is 4.48. The molecule has 2 aromatic rings. The van der Waals surface area contributed by atoms with Crippen LogP contribution in [0.15, 0.2) is 41.5 Å². The molecule has 2 heterocycles. The number of anilines is 2. The predicted octanol–water partition coefficient (Wildman–Crippen LogP) is 0.604. The Hall–Kier alpha value is -2.63. The van der Waals surface area contributed by atoms with Crippen molar-refractivity contribution in [1.29, 1.82) is 0 Å². The van der Waals surface area contributed by atoms with Gasteiger partial charge in [0.2, 0.25) is 0 Å². The normalized spacial score (nSPS) is 9.88. The van der Waals surface area contributed by atoms with Crippen molar-refractivity contribution in [1.82, 2.24) is 9.97 Å². The van der Waals surface area contributed by atoms with Gasteiger partial charge >= 0.3 is 0 Å². The number of nitrogen functional groups attached to an aromatic ring is 1. The largest absolute Gasteiger partial charge is 0.384 e. The van der Waals surface area contributed by atoms with Crippen molar-refractivity contribution in [2.75, 3.05) is 11.1 Å². The first-order valence-corrected chi connectivity index (χ1v) is 4.87. The van der Waals surface area contributed by atoms with Gasteiger partial charge in [0.05, 0.1) is 11.9 Å². The number of amides is 1. The van der Waals surface area contributed by atoms with Crippen molar-refractivity contribution in [3.63, 3.8) is 0 Å². The molecule has 0 spiro atoms. The molecule has 0 radical (unpaired) electrons. The summed E-state index contributed by atoms with van der Waals surface area (Å²) < 4.78 is 0. The lowest BCUT2D eigenvalue weighted by Gasteiger charge is -2.03. The van der Waals surface area contributed by atoms with Crippen molar-refractivity contribution >= 4 is 17.4 Å². The molecule has 0 aliphatic carbocycles. The lowest BCUT2D eigenvalue weighted by molar-refractivity contribution is 0.102. The van der Waals surface area contributed by atoms with E-state index >= 15 is 0 Å². The van der Waals surface area contributed by atoms with Crippen molar-refractivity contribution in [3.8, 4) is 0 Å². The van der Waals surface area contributed by atoms with Gasteiger partial charge in [-0.05, 0) is 24.3 Å². The van der Waals surface area contributed by atoms with E-state index in [0.717, 1.165) is 0 Å². The van der Waals surface area contributed by atoms with Gasteiger partial charge in [0.15, 0.2) is 0 Å². The Kier molecular flexibility index (Phi) is 2.87. The summed E-state index contributed by atoms with van der Waals surface area (Å²) in [6.07, 6.45) is 2.88. The first kappa shape index (κ1) is 10.9. The molecule has 0 aliphatic rings. The topological polar surface area (TPSA) is 101 Å². The molecule has 6 nitrogen and oxygen atoms in total. The molecule has 0 saturated heterocycles. The molecule has 2 aromatic heterocycles. The molecular formula is C11H10N4O2. The van der Waals surface area contributed by atoms with E-state index in [0.29, 0.717) is 11.5 Å². The first-order valence-electron chi connectivity index (χ1n) is 4.87.